The minimum Gasteiger partial charge on any atom is -0.398 e. The maximum absolute atomic E-state index is 12.6. The third-order valence-electron chi connectivity index (χ3n) is 4.23. The van der Waals surface area contributed by atoms with Gasteiger partial charge in [0.2, 0.25) is 0 Å². The molecule has 0 aliphatic carbocycles. The standard InChI is InChI=1S/C16H17N7O/c17-13-4-2-1-3-12(13)16(24)22-9-7-21(8-10-22)15-6-5-14-19-18-11-23(14)20-15/h1-6,11H,7-10,17H2. The lowest BCUT2D eigenvalue weighted by Gasteiger charge is -2.35. The second-order valence-electron chi connectivity index (χ2n) is 5.69. The van der Waals surface area contributed by atoms with E-state index < -0.39 is 0 Å². The van der Waals surface area contributed by atoms with Crippen LogP contribution in [-0.2, 0) is 0 Å². The summed E-state index contributed by atoms with van der Waals surface area (Å²) in [6.45, 7) is 2.71. The van der Waals surface area contributed by atoms with E-state index in [0.717, 1.165) is 18.9 Å². The minimum atomic E-state index is -0.0185. The van der Waals surface area contributed by atoms with Crippen molar-refractivity contribution in [2.24, 2.45) is 0 Å². The lowest BCUT2D eigenvalue weighted by atomic mass is 10.1. The van der Waals surface area contributed by atoms with Crippen molar-refractivity contribution in [3.05, 3.63) is 48.3 Å². The van der Waals surface area contributed by atoms with E-state index in [1.165, 1.54) is 0 Å². The van der Waals surface area contributed by atoms with Crippen molar-refractivity contribution in [1.29, 1.82) is 0 Å². The molecule has 0 saturated carbocycles. The summed E-state index contributed by atoms with van der Waals surface area (Å²) in [6, 6.07) is 11.0. The lowest BCUT2D eigenvalue weighted by Crippen LogP contribution is -2.49. The maximum atomic E-state index is 12.6. The average Bonchev–Trinajstić information content (AvgIpc) is 3.09. The first-order valence-corrected chi connectivity index (χ1v) is 7.78. The van der Waals surface area contributed by atoms with Crippen LogP contribution in [0.25, 0.3) is 5.65 Å². The van der Waals surface area contributed by atoms with Gasteiger partial charge in [0.25, 0.3) is 5.91 Å². The molecule has 2 N–H and O–H groups in total. The fourth-order valence-electron chi connectivity index (χ4n) is 2.89. The Labute approximate surface area is 138 Å². The Morgan fingerprint density at radius 2 is 1.83 bits per heavy atom. The molecule has 4 rings (SSSR count). The molecule has 0 atom stereocenters. The number of amides is 1. The highest BCUT2D eigenvalue weighted by Crippen LogP contribution is 2.18. The molecule has 0 bridgehead atoms. The third kappa shape index (κ3) is 2.51. The molecule has 1 aliphatic rings. The molecule has 2 aromatic heterocycles. The van der Waals surface area contributed by atoms with Gasteiger partial charge in [-0.05, 0) is 24.3 Å². The Hall–Kier alpha value is -3.16. The average molecular weight is 323 g/mol. The van der Waals surface area contributed by atoms with Gasteiger partial charge in [-0.25, -0.2) is 0 Å². The summed E-state index contributed by atoms with van der Waals surface area (Å²) in [5, 5.41) is 12.3. The molecular weight excluding hydrogens is 306 g/mol. The van der Waals surface area contributed by atoms with Gasteiger partial charge in [-0.1, -0.05) is 12.1 Å². The first-order chi connectivity index (χ1) is 11.7. The lowest BCUT2D eigenvalue weighted by molar-refractivity contribution is 0.0747. The number of carbonyl (C=O) groups excluding carboxylic acids is 1. The van der Waals surface area contributed by atoms with Crippen LogP contribution in [0, 0.1) is 0 Å². The number of rotatable bonds is 2. The topological polar surface area (TPSA) is 92.7 Å². The van der Waals surface area contributed by atoms with Crippen molar-refractivity contribution in [3.63, 3.8) is 0 Å². The van der Waals surface area contributed by atoms with Gasteiger partial charge < -0.3 is 15.5 Å². The quantitative estimate of drug-likeness (QED) is 0.697. The maximum Gasteiger partial charge on any atom is 0.256 e. The number of nitrogens with zero attached hydrogens (tertiary/aromatic N) is 6. The number of piperazine rings is 1. The van der Waals surface area contributed by atoms with Crippen molar-refractivity contribution in [3.8, 4) is 0 Å². The van der Waals surface area contributed by atoms with Crippen molar-refractivity contribution >= 4 is 23.1 Å². The van der Waals surface area contributed by atoms with Gasteiger partial charge in [0.1, 0.15) is 12.1 Å². The molecule has 1 saturated heterocycles. The Morgan fingerprint density at radius 1 is 1.04 bits per heavy atom. The summed E-state index contributed by atoms with van der Waals surface area (Å²) in [6.07, 6.45) is 1.58. The Kier molecular flexibility index (Phi) is 3.49. The second kappa shape index (κ2) is 5.80. The van der Waals surface area contributed by atoms with Crippen molar-refractivity contribution < 1.29 is 4.79 Å². The van der Waals surface area contributed by atoms with Crippen LogP contribution in [0.15, 0.2) is 42.7 Å². The summed E-state index contributed by atoms with van der Waals surface area (Å²) in [7, 11) is 0. The summed E-state index contributed by atoms with van der Waals surface area (Å²) >= 11 is 0. The molecule has 3 aromatic rings. The molecule has 24 heavy (non-hydrogen) atoms. The highest BCUT2D eigenvalue weighted by molar-refractivity contribution is 5.99. The summed E-state index contributed by atoms with van der Waals surface area (Å²) in [5.41, 5.74) is 7.70. The zero-order valence-corrected chi connectivity index (χ0v) is 13.0. The number of benzene rings is 1. The van der Waals surface area contributed by atoms with E-state index >= 15 is 0 Å². The van der Waals surface area contributed by atoms with Gasteiger partial charge in [0, 0.05) is 31.9 Å². The van der Waals surface area contributed by atoms with Crippen molar-refractivity contribution in [1.82, 2.24) is 24.7 Å². The van der Waals surface area contributed by atoms with E-state index in [2.05, 4.69) is 20.2 Å². The van der Waals surface area contributed by atoms with E-state index in [-0.39, 0.29) is 5.91 Å². The number of aromatic nitrogens is 4. The van der Waals surface area contributed by atoms with Crippen LogP contribution in [0.5, 0.6) is 0 Å². The summed E-state index contributed by atoms with van der Waals surface area (Å²) < 4.78 is 1.65. The van der Waals surface area contributed by atoms with Gasteiger partial charge >= 0.3 is 0 Å². The highest BCUT2D eigenvalue weighted by atomic mass is 16.2. The van der Waals surface area contributed by atoms with Crippen LogP contribution in [-0.4, -0.2) is 56.8 Å². The number of carbonyl (C=O) groups is 1. The first kappa shape index (κ1) is 14.4. The van der Waals surface area contributed by atoms with E-state index in [9.17, 15) is 4.79 Å². The number of nitrogens with two attached hydrogens (primary N) is 1. The van der Waals surface area contributed by atoms with Gasteiger partial charge in [-0.15, -0.1) is 15.3 Å². The normalized spacial score (nSPS) is 15.0. The number of hydrogen-bond acceptors (Lipinski definition) is 6. The molecule has 1 amide bonds. The molecule has 0 spiro atoms. The molecular formula is C16H17N7O. The number of anilines is 2. The Morgan fingerprint density at radius 3 is 2.62 bits per heavy atom. The first-order valence-electron chi connectivity index (χ1n) is 7.78. The van der Waals surface area contributed by atoms with Crippen LogP contribution in [0.3, 0.4) is 0 Å². The van der Waals surface area contributed by atoms with Gasteiger partial charge in [0.15, 0.2) is 5.65 Å². The van der Waals surface area contributed by atoms with Gasteiger partial charge in [-0.2, -0.15) is 4.52 Å². The number of fused-ring (bicyclic) bond motifs is 1. The van der Waals surface area contributed by atoms with Crippen molar-refractivity contribution in [2.75, 3.05) is 36.8 Å². The van der Waals surface area contributed by atoms with Crippen LogP contribution in [0.1, 0.15) is 10.4 Å². The SMILES string of the molecule is Nc1ccccc1C(=O)N1CCN(c2ccc3nncn3n2)CC1. The van der Waals surface area contributed by atoms with Crippen LogP contribution >= 0.6 is 0 Å². The van der Waals surface area contributed by atoms with Crippen molar-refractivity contribution in [2.45, 2.75) is 0 Å². The van der Waals surface area contributed by atoms with E-state index in [1.807, 2.05) is 29.2 Å². The monoisotopic (exact) mass is 323 g/mol. The highest BCUT2D eigenvalue weighted by Gasteiger charge is 2.24. The zero-order chi connectivity index (χ0) is 16.5. The van der Waals surface area contributed by atoms with E-state index in [1.54, 1.807) is 23.0 Å². The van der Waals surface area contributed by atoms with Gasteiger partial charge in [-0.3, -0.25) is 4.79 Å². The fraction of sp³-hybridized carbons (Fsp3) is 0.250. The number of para-hydroxylation sites is 1. The fourth-order valence-corrected chi connectivity index (χ4v) is 2.89. The summed E-state index contributed by atoms with van der Waals surface area (Å²) in [4.78, 5) is 16.6. The van der Waals surface area contributed by atoms with Crippen LogP contribution in [0.2, 0.25) is 0 Å². The minimum absolute atomic E-state index is 0.0185. The molecule has 0 radical (unpaired) electrons. The van der Waals surface area contributed by atoms with E-state index in [4.69, 9.17) is 5.73 Å². The smallest absolute Gasteiger partial charge is 0.256 e. The second-order valence-corrected chi connectivity index (χ2v) is 5.69. The molecule has 1 aliphatic heterocycles. The van der Waals surface area contributed by atoms with Gasteiger partial charge in [0.05, 0.1) is 5.56 Å². The van der Waals surface area contributed by atoms with Crippen LogP contribution in [0.4, 0.5) is 11.5 Å². The predicted molar refractivity (Wildman–Crippen MR) is 89.8 cm³/mol. The molecule has 8 heteroatoms. The molecule has 122 valence electrons. The predicted octanol–water partition coefficient (Wildman–Crippen LogP) is 0.669. The van der Waals surface area contributed by atoms with E-state index in [0.29, 0.717) is 30.0 Å². The molecule has 8 nitrogen and oxygen atoms in total. The molecule has 1 aromatic carbocycles. The molecule has 3 heterocycles. The third-order valence-corrected chi connectivity index (χ3v) is 4.23. The summed E-state index contributed by atoms with van der Waals surface area (Å²) in [5.74, 6) is 0.837. The molecule has 1 fully saturated rings. The van der Waals surface area contributed by atoms with Crippen LogP contribution < -0.4 is 10.6 Å². The largest absolute Gasteiger partial charge is 0.398 e. The number of hydrogen-bond donors (Lipinski definition) is 1. The zero-order valence-electron chi connectivity index (χ0n) is 13.0. The molecule has 0 unspecified atom stereocenters. The Balaban J connectivity index is 1.46. The number of nitrogen functional groups attached to an aromatic ring is 1. The Bertz CT molecular complexity index is 883.